The molecule has 1 aliphatic heterocycles. The van der Waals surface area contributed by atoms with Gasteiger partial charge in [0, 0.05) is 41.8 Å². The highest BCUT2D eigenvalue weighted by Gasteiger charge is 2.44. The van der Waals surface area contributed by atoms with Gasteiger partial charge in [0.15, 0.2) is 5.82 Å². The van der Waals surface area contributed by atoms with Crippen LogP contribution in [-0.2, 0) is 0 Å². The fourth-order valence-corrected chi connectivity index (χ4v) is 4.94. The Labute approximate surface area is 186 Å². The van der Waals surface area contributed by atoms with Crippen LogP contribution in [0.3, 0.4) is 0 Å². The standard InChI is InChI=1S/C23H28BrN5O/c1-15-12-16(6-9-20(15)24)19-13-21(19)26-23(30)29(17-7-8-17)18-4-3-11-28(14-18)22-5-2-10-25-27-22/h2,5-6,9-10,12,17-19,21H,3-4,7-8,11,13-14H2,1H3,(H,26,30)/t18-,19?,21?/m1/s1. The molecule has 2 aromatic rings. The lowest BCUT2D eigenvalue weighted by atomic mass is 10.0. The number of nitrogens with one attached hydrogen (secondary N) is 1. The van der Waals surface area contributed by atoms with E-state index in [4.69, 9.17) is 0 Å². The lowest BCUT2D eigenvalue weighted by Gasteiger charge is -2.40. The van der Waals surface area contributed by atoms with Crippen molar-refractivity contribution >= 4 is 27.8 Å². The Bertz CT molecular complexity index is 919. The number of hydrogen-bond acceptors (Lipinski definition) is 4. The van der Waals surface area contributed by atoms with E-state index in [9.17, 15) is 4.79 Å². The van der Waals surface area contributed by atoms with E-state index >= 15 is 0 Å². The molecule has 7 heteroatoms. The summed E-state index contributed by atoms with van der Waals surface area (Å²) in [5.41, 5.74) is 2.57. The molecule has 1 aromatic heterocycles. The summed E-state index contributed by atoms with van der Waals surface area (Å²) in [6, 6.07) is 11.4. The molecular formula is C23H28BrN5O. The number of aryl methyl sites for hydroxylation is 1. The largest absolute Gasteiger partial charge is 0.353 e. The first-order valence-electron chi connectivity index (χ1n) is 11.0. The monoisotopic (exact) mass is 469 g/mol. The summed E-state index contributed by atoms with van der Waals surface area (Å²) in [5, 5.41) is 11.6. The van der Waals surface area contributed by atoms with Crippen molar-refractivity contribution in [3.05, 3.63) is 52.1 Å². The molecule has 1 N–H and O–H groups in total. The number of carbonyl (C=O) groups is 1. The van der Waals surface area contributed by atoms with Crippen LogP contribution in [0, 0.1) is 6.92 Å². The number of aromatic nitrogens is 2. The number of benzene rings is 1. The van der Waals surface area contributed by atoms with Gasteiger partial charge in [0.1, 0.15) is 0 Å². The van der Waals surface area contributed by atoms with Crippen LogP contribution < -0.4 is 10.2 Å². The van der Waals surface area contributed by atoms with E-state index in [-0.39, 0.29) is 18.1 Å². The zero-order valence-electron chi connectivity index (χ0n) is 17.3. The van der Waals surface area contributed by atoms with E-state index in [2.05, 4.69) is 66.4 Å². The number of amides is 2. The Balaban J connectivity index is 1.24. The van der Waals surface area contributed by atoms with Crippen molar-refractivity contribution < 1.29 is 4.79 Å². The second-order valence-electron chi connectivity index (χ2n) is 8.87. The Morgan fingerprint density at radius 2 is 2.10 bits per heavy atom. The first-order chi connectivity index (χ1) is 14.6. The van der Waals surface area contributed by atoms with Crippen LogP contribution in [0.4, 0.5) is 10.6 Å². The molecule has 5 rings (SSSR count). The predicted octanol–water partition coefficient (Wildman–Crippen LogP) is 4.25. The summed E-state index contributed by atoms with van der Waals surface area (Å²) in [6.45, 7) is 3.93. The Morgan fingerprint density at radius 1 is 1.23 bits per heavy atom. The van der Waals surface area contributed by atoms with Crippen LogP contribution in [0.25, 0.3) is 0 Å². The van der Waals surface area contributed by atoms with Crippen molar-refractivity contribution in [1.29, 1.82) is 0 Å². The normalized spacial score (nSPS) is 25.7. The van der Waals surface area contributed by atoms with Crippen molar-refractivity contribution in [3.8, 4) is 0 Å². The molecule has 0 spiro atoms. The molecular weight excluding hydrogens is 442 g/mol. The molecule has 2 unspecified atom stereocenters. The molecule has 2 heterocycles. The molecule has 158 valence electrons. The SMILES string of the molecule is Cc1cc(C2CC2NC(=O)N(C2CC2)[C@@H]2CCCN(c3cccnn3)C2)ccc1Br. The van der Waals surface area contributed by atoms with Crippen molar-refractivity contribution in [2.24, 2.45) is 0 Å². The van der Waals surface area contributed by atoms with Gasteiger partial charge in [0.25, 0.3) is 0 Å². The number of anilines is 1. The molecule has 3 atom stereocenters. The minimum atomic E-state index is 0.116. The number of carbonyl (C=O) groups excluding carboxylic acids is 1. The second kappa shape index (κ2) is 8.17. The predicted molar refractivity (Wildman–Crippen MR) is 121 cm³/mol. The van der Waals surface area contributed by atoms with Gasteiger partial charge in [-0.05, 0) is 68.4 Å². The van der Waals surface area contributed by atoms with Crippen LogP contribution >= 0.6 is 15.9 Å². The number of nitrogens with zero attached hydrogens (tertiary/aromatic N) is 4. The topological polar surface area (TPSA) is 61.4 Å². The summed E-state index contributed by atoms with van der Waals surface area (Å²) >= 11 is 3.57. The maximum absolute atomic E-state index is 13.3. The van der Waals surface area contributed by atoms with Crippen LogP contribution in [-0.4, -0.2) is 52.3 Å². The summed E-state index contributed by atoms with van der Waals surface area (Å²) < 4.78 is 1.14. The third kappa shape index (κ3) is 4.17. The number of rotatable bonds is 5. The van der Waals surface area contributed by atoms with Gasteiger partial charge in [-0.15, -0.1) is 5.10 Å². The minimum Gasteiger partial charge on any atom is -0.353 e. The Morgan fingerprint density at radius 3 is 2.83 bits per heavy atom. The quantitative estimate of drug-likeness (QED) is 0.710. The summed E-state index contributed by atoms with van der Waals surface area (Å²) in [6.07, 6.45) is 7.10. The average Bonchev–Trinajstić information content (AvgIpc) is 3.68. The smallest absolute Gasteiger partial charge is 0.318 e. The third-order valence-corrected chi connectivity index (χ3v) is 7.45. The van der Waals surface area contributed by atoms with Crippen molar-refractivity contribution in [3.63, 3.8) is 0 Å². The molecule has 30 heavy (non-hydrogen) atoms. The fourth-order valence-electron chi connectivity index (χ4n) is 4.69. The average molecular weight is 470 g/mol. The molecule has 0 radical (unpaired) electrons. The Kier molecular flexibility index (Phi) is 5.39. The van der Waals surface area contributed by atoms with Crippen LogP contribution in [0.2, 0.25) is 0 Å². The molecule has 0 bridgehead atoms. The molecule has 3 aliphatic rings. The van der Waals surface area contributed by atoms with E-state index < -0.39 is 0 Å². The molecule has 2 saturated carbocycles. The summed E-state index contributed by atoms with van der Waals surface area (Å²) in [5.74, 6) is 1.34. The molecule has 2 amide bonds. The highest BCUT2D eigenvalue weighted by Crippen LogP contribution is 2.42. The summed E-state index contributed by atoms with van der Waals surface area (Å²) in [7, 11) is 0. The first kappa shape index (κ1) is 19.8. The van der Waals surface area contributed by atoms with Gasteiger partial charge in [-0.2, -0.15) is 5.10 Å². The first-order valence-corrected chi connectivity index (χ1v) is 11.8. The lowest BCUT2D eigenvalue weighted by molar-refractivity contribution is 0.160. The molecule has 2 aliphatic carbocycles. The van der Waals surface area contributed by atoms with Gasteiger partial charge in [-0.25, -0.2) is 4.79 Å². The zero-order chi connectivity index (χ0) is 20.7. The molecule has 3 fully saturated rings. The second-order valence-corrected chi connectivity index (χ2v) is 9.72. The van der Waals surface area contributed by atoms with Gasteiger partial charge >= 0.3 is 6.03 Å². The third-order valence-electron chi connectivity index (χ3n) is 6.56. The van der Waals surface area contributed by atoms with Gasteiger partial charge < -0.3 is 15.1 Å². The molecule has 1 saturated heterocycles. The number of urea groups is 1. The van der Waals surface area contributed by atoms with E-state index in [1.54, 1.807) is 6.20 Å². The number of hydrogen-bond donors (Lipinski definition) is 1. The van der Waals surface area contributed by atoms with Crippen LogP contribution in [0.15, 0.2) is 41.0 Å². The van der Waals surface area contributed by atoms with Crippen molar-refractivity contribution in [1.82, 2.24) is 20.4 Å². The maximum atomic E-state index is 13.3. The van der Waals surface area contributed by atoms with Crippen molar-refractivity contribution in [2.45, 2.75) is 63.1 Å². The van der Waals surface area contributed by atoms with Gasteiger partial charge in [0.2, 0.25) is 0 Å². The highest BCUT2D eigenvalue weighted by atomic mass is 79.9. The van der Waals surface area contributed by atoms with Gasteiger partial charge in [-0.1, -0.05) is 28.1 Å². The van der Waals surface area contributed by atoms with Crippen LogP contribution in [0.1, 0.15) is 49.1 Å². The molecule has 6 nitrogen and oxygen atoms in total. The van der Waals surface area contributed by atoms with E-state index in [1.807, 2.05) is 12.1 Å². The highest BCUT2D eigenvalue weighted by molar-refractivity contribution is 9.10. The van der Waals surface area contributed by atoms with E-state index in [1.165, 1.54) is 11.1 Å². The van der Waals surface area contributed by atoms with Crippen LogP contribution in [0.5, 0.6) is 0 Å². The Hall–Kier alpha value is -2.15. The van der Waals surface area contributed by atoms with E-state index in [0.717, 1.165) is 55.5 Å². The maximum Gasteiger partial charge on any atom is 0.318 e. The fraction of sp³-hybridized carbons (Fsp3) is 0.522. The van der Waals surface area contributed by atoms with Gasteiger partial charge in [0.05, 0.1) is 6.04 Å². The zero-order valence-corrected chi connectivity index (χ0v) is 18.9. The number of halogens is 1. The minimum absolute atomic E-state index is 0.116. The lowest BCUT2D eigenvalue weighted by Crippen LogP contribution is -2.54. The summed E-state index contributed by atoms with van der Waals surface area (Å²) in [4.78, 5) is 17.7. The number of piperidine rings is 1. The van der Waals surface area contributed by atoms with Crippen molar-refractivity contribution in [2.75, 3.05) is 18.0 Å². The molecule has 1 aromatic carbocycles. The van der Waals surface area contributed by atoms with E-state index in [0.29, 0.717) is 12.0 Å². The van der Waals surface area contributed by atoms with Gasteiger partial charge in [-0.3, -0.25) is 0 Å².